The second kappa shape index (κ2) is 9.25. The standard InChI is InChI=1S/C12H25NOS/c1-5-6-10(2)11(3)13-12(9-14)7-8-15-4/h5,10-14H,1,6-9H2,2-4H3. The molecule has 0 saturated carbocycles. The van der Waals surface area contributed by atoms with Crippen LogP contribution >= 0.6 is 11.8 Å². The number of rotatable bonds is 9. The van der Waals surface area contributed by atoms with Crippen LogP contribution in [0.25, 0.3) is 0 Å². The third-order valence-corrected chi connectivity index (χ3v) is 3.43. The molecule has 0 saturated heterocycles. The van der Waals surface area contributed by atoms with Crippen LogP contribution in [0.2, 0.25) is 0 Å². The molecule has 0 aromatic heterocycles. The third-order valence-electron chi connectivity index (χ3n) is 2.78. The first-order valence-corrected chi connectivity index (χ1v) is 7.01. The molecular weight excluding hydrogens is 206 g/mol. The van der Waals surface area contributed by atoms with Crippen molar-refractivity contribution < 1.29 is 5.11 Å². The van der Waals surface area contributed by atoms with Crippen molar-refractivity contribution in [2.75, 3.05) is 18.6 Å². The van der Waals surface area contributed by atoms with E-state index in [1.54, 1.807) is 0 Å². The highest BCUT2D eigenvalue weighted by molar-refractivity contribution is 7.98. The van der Waals surface area contributed by atoms with Crippen molar-refractivity contribution in [3.63, 3.8) is 0 Å². The van der Waals surface area contributed by atoms with Gasteiger partial charge in [0.15, 0.2) is 0 Å². The van der Waals surface area contributed by atoms with Gasteiger partial charge < -0.3 is 10.4 Å². The molecule has 0 radical (unpaired) electrons. The summed E-state index contributed by atoms with van der Waals surface area (Å²) in [4.78, 5) is 0. The molecule has 0 aromatic rings. The van der Waals surface area contributed by atoms with E-state index in [9.17, 15) is 5.11 Å². The van der Waals surface area contributed by atoms with Crippen LogP contribution in [0.5, 0.6) is 0 Å². The molecule has 0 aliphatic heterocycles. The van der Waals surface area contributed by atoms with E-state index in [4.69, 9.17) is 0 Å². The van der Waals surface area contributed by atoms with E-state index in [0.717, 1.165) is 18.6 Å². The van der Waals surface area contributed by atoms with E-state index in [2.05, 4.69) is 32.0 Å². The zero-order valence-electron chi connectivity index (χ0n) is 10.2. The molecule has 0 spiro atoms. The lowest BCUT2D eigenvalue weighted by molar-refractivity contribution is 0.218. The van der Waals surface area contributed by atoms with Crippen LogP contribution in [0.4, 0.5) is 0 Å². The Labute approximate surface area is 98.5 Å². The summed E-state index contributed by atoms with van der Waals surface area (Å²) in [7, 11) is 0. The molecule has 0 amide bonds. The summed E-state index contributed by atoms with van der Waals surface area (Å²) in [5.74, 6) is 1.67. The molecule has 2 nitrogen and oxygen atoms in total. The Bertz CT molecular complexity index is 164. The number of nitrogens with one attached hydrogen (secondary N) is 1. The van der Waals surface area contributed by atoms with E-state index in [0.29, 0.717) is 12.0 Å². The molecule has 0 rings (SSSR count). The number of hydrogen-bond donors (Lipinski definition) is 2. The summed E-state index contributed by atoms with van der Waals surface area (Å²) in [6.07, 6.45) is 6.11. The fraction of sp³-hybridized carbons (Fsp3) is 0.833. The van der Waals surface area contributed by atoms with Crippen LogP contribution in [-0.2, 0) is 0 Å². The molecule has 0 heterocycles. The molecular formula is C12H25NOS. The van der Waals surface area contributed by atoms with E-state index in [1.807, 2.05) is 17.8 Å². The number of hydrogen-bond acceptors (Lipinski definition) is 3. The average Bonchev–Trinajstić information content (AvgIpc) is 2.24. The minimum Gasteiger partial charge on any atom is -0.395 e. The first-order valence-electron chi connectivity index (χ1n) is 5.62. The highest BCUT2D eigenvalue weighted by Gasteiger charge is 2.15. The predicted molar refractivity (Wildman–Crippen MR) is 70.4 cm³/mol. The van der Waals surface area contributed by atoms with Gasteiger partial charge in [0.25, 0.3) is 0 Å². The van der Waals surface area contributed by atoms with Gasteiger partial charge in [0, 0.05) is 12.1 Å². The van der Waals surface area contributed by atoms with Crippen LogP contribution in [-0.4, -0.2) is 35.8 Å². The van der Waals surface area contributed by atoms with Crippen LogP contribution in [0.3, 0.4) is 0 Å². The number of aliphatic hydroxyl groups is 1. The third kappa shape index (κ3) is 6.98. The number of thioether (sulfide) groups is 1. The minimum atomic E-state index is 0.228. The van der Waals surface area contributed by atoms with Crippen molar-refractivity contribution in [3.8, 4) is 0 Å². The zero-order valence-corrected chi connectivity index (χ0v) is 11.0. The van der Waals surface area contributed by atoms with Gasteiger partial charge in [0.05, 0.1) is 6.61 Å². The normalized spacial score (nSPS) is 17.1. The lowest BCUT2D eigenvalue weighted by atomic mass is 9.99. The minimum absolute atomic E-state index is 0.228. The molecule has 0 aromatic carbocycles. The van der Waals surface area contributed by atoms with Gasteiger partial charge in [0.2, 0.25) is 0 Å². The fourth-order valence-electron chi connectivity index (χ4n) is 1.49. The molecule has 3 atom stereocenters. The van der Waals surface area contributed by atoms with Gasteiger partial charge in [0.1, 0.15) is 0 Å². The van der Waals surface area contributed by atoms with Crippen LogP contribution < -0.4 is 5.32 Å². The summed E-state index contributed by atoms with van der Waals surface area (Å²) in [5.41, 5.74) is 0. The van der Waals surface area contributed by atoms with Crippen molar-refractivity contribution in [1.29, 1.82) is 0 Å². The Morgan fingerprint density at radius 3 is 2.60 bits per heavy atom. The molecule has 3 unspecified atom stereocenters. The van der Waals surface area contributed by atoms with Gasteiger partial charge in [-0.3, -0.25) is 0 Å². The van der Waals surface area contributed by atoms with Crippen molar-refractivity contribution in [1.82, 2.24) is 5.32 Å². The molecule has 0 fully saturated rings. The summed E-state index contributed by atoms with van der Waals surface area (Å²) in [5, 5.41) is 12.7. The average molecular weight is 231 g/mol. The van der Waals surface area contributed by atoms with Crippen molar-refractivity contribution >= 4 is 11.8 Å². The molecule has 0 aliphatic rings. The summed E-state index contributed by atoms with van der Waals surface area (Å²) in [6, 6.07) is 0.668. The van der Waals surface area contributed by atoms with E-state index >= 15 is 0 Å². The quantitative estimate of drug-likeness (QED) is 0.597. The van der Waals surface area contributed by atoms with Crippen LogP contribution in [0, 0.1) is 5.92 Å². The van der Waals surface area contributed by atoms with E-state index in [-0.39, 0.29) is 12.6 Å². The Morgan fingerprint density at radius 2 is 2.13 bits per heavy atom. The summed E-state index contributed by atoms with van der Waals surface area (Å²) >= 11 is 1.82. The SMILES string of the molecule is C=CCC(C)C(C)NC(CO)CCSC. The van der Waals surface area contributed by atoms with Gasteiger partial charge >= 0.3 is 0 Å². The second-order valence-electron chi connectivity index (χ2n) is 4.12. The number of aliphatic hydroxyl groups excluding tert-OH is 1. The van der Waals surface area contributed by atoms with E-state index in [1.165, 1.54) is 0 Å². The Morgan fingerprint density at radius 1 is 1.47 bits per heavy atom. The highest BCUT2D eigenvalue weighted by atomic mass is 32.2. The molecule has 0 aliphatic carbocycles. The highest BCUT2D eigenvalue weighted by Crippen LogP contribution is 2.10. The maximum absolute atomic E-state index is 9.22. The summed E-state index contributed by atoms with van der Waals surface area (Å²) < 4.78 is 0. The molecule has 0 bridgehead atoms. The Balaban J connectivity index is 3.87. The van der Waals surface area contributed by atoms with Gasteiger partial charge in [-0.15, -0.1) is 6.58 Å². The molecule has 15 heavy (non-hydrogen) atoms. The largest absolute Gasteiger partial charge is 0.395 e. The van der Waals surface area contributed by atoms with Gasteiger partial charge in [-0.05, 0) is 37.7 Å². The maximum Gasteiger partial charge on any atom is 0.0585 e. The monoisotopic (exact) mass is 231 g/mol. The lowest BCUT2D eigenvalue weighted by Gasteiger charge is -2.25. The zero-order chi connectivity index (χ0) is 11.7. The molecule has 3 heteroatoms. The first-order chi connectivity index (χ1) is 7.15. The van der Waals surface area contributed by atoms with Crippen LogP contribution in [0.15, 0.2) is 12.7 Å². The van der Waals surface area contributed by atoms with Gasteiger partial charge in [-0.2, -0.15) is 11.8 Å². The van der Waals surface area contributed by atoms with Gasteiger partial charge in [-0.25, -0.2) is 0 Å². The maximum atomic E-state index is 9.22. The van der Waals surface area contributed by atoms with Crippen molar-refractivity contribution in [3.05, 3.63) is 12.7 Å². The first kappa shape index (κ1) is 15.0. The molecule has 2 N–H and O–H groups in total. The van der Waals surface area contributed by atoms with Crippen molar-refractivity contribution in [2.24, 2.45) is 5.92 Å². The molecule has 90 valence electrons. The Kier molecular flexibility index (Phi) is 9.26. The number of allylic oxidation sites excluding steroid dienone is 1. The van der Waals surface area contributed by atoms with Gasteiger partial charge in [-0.1, -0.05) is 13.0 Å². The predicted octanol–water partition coefficient (Wildman–Crippen LogP) is 2.29. The fourth-order valence-corrected chi connectivity index (χ4v) is 2.01. The topological polar surface area (TPSA) is 32.3 Å². The van der Waals surface area contributed by atoms with Crippen molar-refractivity contribution in [2.45, 2.75) is 38.8 Å². The van der Waals surface area contributed by atoms with E-state index < -0.39 is 0 Å². The summed E-state index contributed by atoms with van der Waals surface area (Å²) in [6.45, 7) is 8.37. The smallest absolute Gasteiger partial charge is 0.0585 e. The Hall–Kier alpha value is 0.0100. The lowest BCUT2D eigenvalue weighted by Crippen LogP contribution is -2.42. The second-order valence-corrected chi connectivity index (χ2v) is 5.10. The van der Waals surface area contributed by atoms with Crippen LogP contribution in [0.1, 0.15) is 26.7 Å².